The minimum Gasteiger partial charge on any atom is -0.493 e. The number of rotatable bonds is 8. The van der Waals surface area contributed by atoms with Crippen molar-refractivity contribution in [3.05, 3.63) is 90.0 Å². The third-order valence-corrected chi connectivity index (χ3v) is 6.96. The predicted molar refractivity (Wildman–Crippen MR) is 133 cm³/mol. The maximum atomic E-state index is 12.9. The van der Waals surface area contributed by atoms with E-state index in [1.807, 2.05) is 23.1 Å². The van der Waals surface area contributed by atoms with Crippen LogP contribution in [0.4, 0.5) is 0 Å². The molecule has 0 unspecified atom stereocenters. The number of carbonyl (C=O) groups excluding carboxylic acids is 1. The summed E-state index contributed by atoms with van der Waals surface area (Å²) in [5, 5.41) is 0. The molecule has 0 aliphatic carbocycles. The van der Waals surface area contributed by atoms with E-state index in [1.54, 1.807) is 14.2 Å². The van der Waals surface area contributed by atoms with E-state index < -0.39 is 0 Å². The fraction of sp³-hybridized carbons (Fsp3) is 0.296. The first kappa shape index (κ1) is 23.2. The minimum atomic E-state index is 0.172. The molecular formula is C27H30N2O3S. The zero-order valence-electron chi connectivity index (χ0n) is 19.1. The van der Waals surface area contributed by atoms with Gasteiger partial charge >= 0.3 is 0 Å². The summed E-state index contributed by atoms with van der Waals surface area (Å²) in [6.07, 6.45) is 0. The van der Waals surface area contributed by atoms with Gasteiger partial charge in [-0.25, -0.2) is 0 Å². The quantitative estimate of drug-likeness (QED) is 0.453. The fourth-order valence-electron chi connectivity index (χ4n) is 4.26. The highest BCUT2D eigenvalue weighted by molar-refractivity contribution is 8.00. The number of ether oxygens (including phenoxy) is 2. The normalized spacial score (nSPS) is 14.3. The molecule has 1 aliphatic rings. The van der Waals surface area contributed by atoms with E-state index in [0.717, 1.165) is 31.1 Å². The van der Waals surface area contributed by atoms with Gasteiger partial charge in [0.2, 0.25) is 5.91 Å². The second-order valence-electron chi connectivity index (χ2n) is 7.95. The lowest BCUT2D eigenvalue weighted by atomic mass is 9.96. The summed E-state index contributed by atoms with van der Waals surface area (Å²) in [7, 11) is 3.24. The topological polar surface area (TPSA) is 42.0 Å². The Bertz CT molecular complexity index is 998. The van der Waals surface area contributed by atoms with Gasteiger partial charge in [0.1, 0.15) is 0 Å². The third-order valence-electron chi connectivity index (χ3n) is 5.98. The second kappa shape index (κ2) is 11.3. The maximum absolute atomic E-state index is 12.9. The molecule has 1 aliphatic heterocycles. The molecular weight excluding hydrogens is 432 g/mol. The van der Waals surface area contributed by atoms with Crippen molar-refractivity contribution < 1.29 is 14.3 Å². The van der Waals surface area contributed by atoms with E-state index in [-0.39, 0.29) is 11.9 Å². The van der Waals surface area contributed by atoms with Crippen LogP contribution < -0.4 is 9.47 Å². The zero-order valence-corrected chi connectivity index (χ0v) is 20.0. The summed E-state index contributed by atoms with van der Waals surface area (Å²) in [5.41, 5.74) is 2.57. The van der Waals surface area contributed by atoms with Crippen molar-refractivity contribution in [2.75, 3.05) is 46.2 Å². The summed E-state index contributed by atoms with van der Waals surface area (Å²) in [6, 6.07) is 27.2. The molecule has 4 rings (SSSR count). The molecule has 1 fully saturated rings. The first-order chi connectivity index (χ1) is 16.2. The number of methoxy groups -OCH3 is 2. The predicted octanol–water partition coefficient (Wildman–Crippen LogP) is 4.73. The Labute approximate surface area is 200 Å². The maximum Gasteiger partial charge on any atom is 0.233 e. The van der Waals surface area contributed by atoms with Crippen LogP contribution in [0.3, 0.4) is 0 Å². The lowest BCUT2D eigenvalue weighted by molar-refractivity contribution is -0.130. The summed E-state index contributed by atoms with van der Waals surface area (Å²) in [6.45, 7) is 3.17. The summed E-state index contributed by atoms with van der Waals surface area (Å²) in [5.74, 6) is 1.95. The molecule has 0 atom stereocenters. The van der Waals surface area contributed by atoms with Gasteiger partial charge in [-0.1, -0.05) is 60.7 Å². The van der Waals surface area contributed by atoms with Gasteiger partial charge in [-0.15, -0.1) is 11.8 Å². The van der Waals surface area contributed by atoms with E-state index in [2.05, 4.69) is 65.6 Å². The Morgan fingerprint density at radius 1 is 0.818 bits per heavy atom. The highest BCUT2D eigenvalue weighted by atomic mass is 32.2. The van der Waals surface area contributed by atoms with Gasteiger partial charge in [-0.05, 0) is 29.3 Å². The first-order valence-electron chi connectivity index (χ1n) is 11.2. The third kappa shape index (κ3) is 5.70. The number of hydrogen-bond donors (Lipinski definition) is 0. The first-order valence-corrected chi connectivity index (χ1v) is 12.1. The van der Waals surface area contributed by atoms with Crippen LogP contribution in [-0.2, 0) is 4.79 Å². The SMILES string of the molecule is COc1ccc(SCC(=O)N2CCN(C(c3ccccc3)c3ccccc3)CC2)cc1OC. The molecule has 0 aromatic heterocycles. The van der Waals surface area contributed by atoms with Crippen LogP contribution in [-0.4, -0.2) is 61.9 Å². The van der Waals surface area contributed by atoms with Crippen molar-refractivity contribution in [2.45, 2.75) is 10.9 Å². The number of amides is 1. The highest BCUT2D eigenvalue weighted by Gasteiger charge is 2.28. The van der Waals surface area contributed by atoms with Crippen LogP contribution in [0.15, 0.2) is 83.8 Å². The number of carbonyl (C=O) groups is 1. The molecule has 0 radical (unpaired) electrons. The fourth-order valence-corrected chi connectivity index (χ4v) is 5.08. The number of hydrogen-bond acceptors (Lipinski definition) is 5. The van der Waals surface area contributed by atoms with E-state index >= 15 is 0 Å². The smallest absolute Gasteiger partial charge is 0.233 e. The van der Waals surface area contributed by atoms with Gasteiger partial charge in [0.25, 0.3) is 0 Å². The number of piperazine rings is 1. The molecule has 0 N–H and O–H groups in total. The van der Waals surface area contributed by atoms with Crippen LogP contribution in [0.25, 0.3) is 0 Å². The largest absolute Gasteiger partial charge is 0.493 e. The van der Waals surface area contributed by atoms with Crippen molar-refractivity contribution in [2.24, 2.45) is 0 Å². The molecule has 6 heteroatoms. The van der Waals surface area contributed by atoms with E-state index in [4.69, 9.17) is 9.47 Å². The highest BCUT2D eigenvalue weighted by Crippen LogP contribution is 2.32. The van der Waals surface area contributed by atoms with Gasteiger partial charge in [-0.2, -0.15) is 0 Å². The van der Waals surface area contributed by atoms with Gasteiger partial charge in [0.15, 0.2) is 11.5 Å². The Kier molecular flexibility index (Phi) is 7.92. The molecule has 33 heavy (non-hydrogen) atoms. The molecule has 0 bridgehead atoms. The average molecular weight is 463 g/mol. The van der Waals surface area contributed by atoms with Crippen LogP contribution >= 0.6 is 11.8 Å². The van der Waals surface area contributed by atoms with Crippen LogP contribution in [0.1, 0.15) is 17.2 Å². The Morgan fingerprint density at radius 3 is 1.94 bits per heavy atom. The Morgan fingerprint density at radius 2 is 1.39 bits per heavy atom. The van der Waals surface area contributed by atoms with E-state index in [0.29, 0.717) is 17.3 Å². The molecule has 3 aromatic rings. The van der Waals surface area contributed by atoms with Crippen molar-refractivity contribution >= 4 is 17.7 Å². The standard InChI is InChI=1S/C27H30N2O3S/c1-31-24-14-13-23(19-25(24)32-2)33-20-26(30)28-15-17-29(18-16-28)27(21-9-5-3-6-10-21)22-11-7-4-8-12-22/h3-14,19,27H,15-18,20H2,1-2H3. The Hall–Kier alpha value is -2.96. The van der Waals surface area contributed by atoms with Gasteiger partial charge in [-0.3, -0.25) is 9.69 Å². The monoisotopic (exact) mass is 462 g/mol. The van der Waals surface area contributed by atoms with Crippen LogP contribution in [0.5, 0.6) is 11.5 Å². The van der Waals surface area contributed by atoms with Crippen LogP contribution in [0.2, 0.25) is 0 Å². The van der Waals surface area contributed by atoms with Crippen molar-refractivity contribution in [3.63, 3.8) is 0 Å². The minimum absolute atomic E-state index is 0.172. The van der Waals surface area contributed by atoms with Gasteiger partial charge in [0.05, 0.1) is 26.0 Å². The molecule has 172 valence electrons. The lowest BCUT2D eigenvalue weighted by Gasteiger charge is -2.39. The average Bonchev–Trinajstić information content (AvgIpc) is 2.89. The second-order valence-corrected chi connectivity index (χ2v) is 8.99. The zero-order chi connectivity index (χ0) is 23.0. The lowest BCUT2D eigenvalue weighted by Crippen LogP contribution is -2.50. The van der Waals surface area contributed by atoms with Gasteiger partial charge in [0, 0.05) is 31.1 Å². The molecule has 1 heterocycles. The summed E-state index contributed by atoms with van der Waals surface area (Å²) < 4.78 is 10.7. The van der Waals surface area contributed by atoms with Crippen LogP contribution in [0, 0.1) is 0 Å². The summed E-state index contributed by atoms with van der Waals surface area (Å²) in [4.78, 5) is 18.4. The number of benzene rings is 3. The molecule has 1 amide bonds. The molecule has 1 saturated heterocycles. The molecule has 5 nitrogen and oxygen atoms in total. The van der Waals surface area contributed by atoms with Crippen molar-refractivity contribution in [3.8, 4) is 11.5 Å². The number of thioether (sulfide) groups is 1. The number of nitrogens with zero attached hydrogens (tertiary/aromatic N) is 2. The summed E-state index contributed by atoms with van der Waals surface area (Å²) >= 11 is 1.53. The van der Waals surface area contributed by atoms with Crippen molar-refractivity contribution in [1.82, 2.24) is 9.80 Å². The molecule has 0 saturated carbocycles. The molecule has 0 spiro atoms. The van der Waals surface area contributed by atoms with Gasteiger partial charge < -0.3 is 14.4 Å². The van der Waals surface area contributed by atoms with Crippen molar-refractivity contribution in [1.29, 1.82) is 0 Å². The molecule has 3 aromatic carbocycles. The Balaban J connectivity index is 1.37. The van der Waals surface area contributed by atoms with E-state index in [9.17, 15) is 4.79 Å². The van der Waals surface area contributed by atoms with E-state index in [1.165, 1.54) is 22.9 Å².